The van der Waals surface area contributed by atoms with E-state index in [0.717, 1.165) is 22.4 Å². The Labute approximate surface area is 126 Å². The smallest absolute Gasteiger partial charge is 0.340 e. The second-order valence-corrected chi connectivity index (χ2v) is 4.84. The Bertz CT molecular complexity index is 599. The third-order valence-electron chi connectivity index (χ3n) is 2.95. The van der Waals surface area contributed by atoms with E-state index in [1.54, 1.807) is 25.5 Å². The molecule has 0 saturated carbocycles. The molecule has 0 radical (unpaired) electrons. The van der Waals surface area contributed by atoms with Crippen LogP contribution in [0.5, 0.6) is 0 Å². The molecule has 0 amide bonds. The summed E-state index contributed by atoms with van der Waals surface area (Å²) < 4.78 is 5.30. The Hall–Kier alpha value is -2.23. The molecule has 0 N–H and O–H groups in total. The third-order valence-corrected chi connectivity index (χ3v) is 2.95. The van der Waals surface area contributed by atoms with Gasteiger partial charge in [-0.2, -0.15) is 0 Å². The summed E-state index contributed by atoms with van der Waals surface area (Å²) in [5.74, 6) is -0.389. The predicted molar refractivity (Wildman–Crippen MR) is 87.7 cm³/mol. The molecule has 1 heterocycles. The zero-order valence-electron chi connectivity index (χ0n) is 13.3. The number of hydrogen-bond donors (Lipinski definition) is 0. The number of allylic oxidation sites excluding steroid dienone is 2. The van der Waals surface area contributed by atoms with Crippen LogP contribution in [0.1, 0.15) is 48.0 Å². The van der Waals surface area contributed by atoms with E-state index in [1.807, 2.05) is 33.8 Å². The molecule has 0 aliphatic carbocycles. The van der Waals surface area contributed by atoms with Gasteiger partial charge in [-0.3, -0.25) is 9.98 Å². The maximum atomic E-state index is 12.3. The number of pyridine rings is 1. The van der Waals surface area contributed by atoms with Gasteiger partial charge in [0.15, 0.2) is 0 Å². The lowest BCUT2D eigenvalue weighted by molar-refractivity contribution is 0.0377. The van der Waals surface area contributed by atoms with Crippen molar-refractivity contribution in [2.45, 2.75) is 33.8 Å². The highest BCUT2D eigenvalue weighted by atomic mass is 16.5. The van der Waals surface area contributed by atoms with Crippen LogP contribution < -0.4 is 0 Å². The Morgan fingerprint density at radius 3 is 2.62 bits per heavy atom. The highest BCUT2D eigenvalue weighted by Crippen LogP contribution is 2.26. The molecule has 4 heteroatoms. The molecule has 4 nitrogen and oxygen atoms in total. The predicted octanol–water partition coefficient (Wildman–Crippen LogP) is 3.70. The van der Waals surface area contributed by atoms with Crippen LogP contribution in [0.25, 0.3) is 11.6 Å². The van der Waals surface area contributed by atoms with Crippen molar-refractivity contribution in [3.8, 4) is 0 Å². The maximum Gasteiger partial charge on any atom is 0.340 e. The van der Waals surface area contributed by atoms with Gasteiger partial charge in [0.2, 0.25) is 0 Å². The average molecular weight is 286 g/mol. The van der Waals surface area contributed by atoms with Crippen LogP contribution in [0, 0.1) is 6.92 Å². The maximum absolute atomic E-state index is 12.3. The minimum Gasteiger partial charge on any atom is -0.459 e. The lowest BCUT2D eigenvalue weighted by Crippen LogP contribution is -2.15. The van der Waals surface area contributed by atoms with E-state index in [1.165, 1.54) is 0 Å². The van der Waals surface area contributed by atoms with E-state index in [2.05, 4.69) is 16.6 Å². The van der Waals surface area contributed by atoms with Crippen molar-refractivity contribution in [2.24, 2.45) is 4.99 Å². The van der Waals surface area contributed by atoms with Crippen LogP contribution in [0.2, 0.25) is 0 Å². The molecule has 1 aromatic rings. The average Bonchev–Trinajstić information content (AvgIpc) is 2.43. The fraction of sp³-hybridized carbons (Fsp3) is 0.353. The summed E-state index contributed by atoms with van der Waals surface area (Å²) in [7, 11) is 1.69. The van der Waals surface area contributed by atoms with Crippen molar-refractivity contribution in [3.63, 3.8) is 0 Å². The molecule has 0 bridgehead atoms. The van der Waals surface area contributed by atoms with Gasteiger partial charge < -0.3 is 4.74 Å². The molecule has 112 valence electrons. The summed E-state index contributed by atoms with van der Waals surface area (Å²) in [6.07, 6.45) is 6.69. The Morgan fingerprint density at radius 2 is 2.14 bits per heavy atom. The number of carbonyl (C=O) groups excluding carboxylic acids is 1. The monoisotopic (exact) mass is 286 g/mol. The fourth-order valence-electron chi connectivity index (χ4n) is 2.04. The normalized spacial score (nSPS) is 12.0. The van der Waals surface area contributed by atoms with Gasteiger partial charge in [-0.15, -0.1) is 0 Å². The van der Waals surface area contributed by atoms with E-state index in [0.29, 0.717) is 5.56 Å². The number of carbonyl (C=O) groups is 1. The zero-order valence-corrected chi connectivity index (χ0v) is 13.3. The largest absolute Gasteiger partial charge is 0.459 e. The second kappa shape index (κ2) is 7.53. The SMILES string of the molecule is C=Cc1c(C)ncc(C(=O)OC(C)C)c1/C(C=NC)=C/C. The Kier molecular flexibility index (Phi) is 6.03. The van der Waals surface area contributed by atoms with Crippen molar-refractivity contribution < 1.29 is 9.53 Å². The summed E-state index contributed by atoms with van der Waals surface area (Å²) in [4.78, 5) is 20.6. The molecule has 0 fully saturated rings. The van der Waals surface area contributed by atoms with Crippen LogP contribution in [-0.2, 0) is 4.74 Å². The first-order valence-electron chi connectivity index (χ1n) is 6.88. The van der Waals surface area contributed by atoms with Gasteiger partial charge >= 0.3 is 5.97 Å². The summed E-state index contributed by atoms with van der Waals surface area (Å²) >= 11 is 0. The van der Waals surface area contributed by atoms with Crippen molar-refractivity contribution >= 4 is 23.8 Å². The first kappa shape index (κ1) is 16.8. The molecular weight excluding hydrogens is 264 g/mol. The lowest BCUT2D eigenvalue weighted by atomic mass is 9.94. The number of aliphatic imine (C=N–C) groups is 1. The van der Waals surface area contributed by atoms with Crippen LogP contribution in [0.15, 0.2) is 23.8 Å². The Morgan fingerprint density at radius 1 is 1.48 bits per heavy atom. The quantitative estimate of drug-likeness (QED) is 0.612. The van der Waals surface area contributed by atoms with Gasteiger partial charge in [0.1, 0.15) is 0 Å². The van der Waals surface area contributed by atoms with E-state index in [-0.39, 0.29) is 12.1 Å². The van der Waals surface area contributed by atoms with Gasteiger partial charge in [0, 0.05) is 36.3 Å². The first-order valence-corrected chi connectivity index (χ1v) is 6.88. The standard InChI is InChI=1S/C17H22N2O2/c1-7-13(9-18-6)16-14(8-2)12(5)19-10-15(16)17(20)21-11(3)4/h7-11H,2H2,1,3-6H3/b13-7+,18-9?. The van der Waals surface area contributed by atoms with Crippen molar-refractivity contribution in [2.75, 3.05) is 7.05 Å². The van der Waals surface area contributed by atoms with E-state index >= 15 is 0 Å². The van der Waals surface area contributed by atoms with Crippen LogP contribution >= 0.6 is 0 Å². The molecule has 1 aromatic heterocycles. The zero-order chi connectivity index (χ0) is 16.0. The summed E-state index contributed by atoms with van der Waals surface area (Å²) in [5.41, 5.74) is 3.66. The number of hydrogen-bond acceptors (Lipinski definition) is 4. The van der Waals surface area contributed by atoms with Crippen LogP contribution in [0.3, 0.4) is 0 Å². The van der Waals surface area contributed by atoms with Gasteiger partial charge in [-0.25, -0.2) is 4.79 Å². The first-order chi connectivity index (χ1) is 9.96. The Balaban J connectivity index is 3.58. The minimum absolute atomic E-state index is 0.187. The lowest BCUT2D eigenvalue weighted by Gasteiger charge is -2.15. The molecule has 1 rings (SSSR count). The molecule has 0 aliphatic heterocycles. The van der Waals surface area contributed by atoms with Crippen molar-refractivity contribution in [1.82, 2.24) is 4.98 Å². The molecule has 0 aliphatic rings. The number of aryl methyl sites for hydroxylation is 1. The molecular formula is C17H22N2O2. The number of rotatable bonds is 5. The van der Waals surface area contributed by atoms with E-state index in [9.17, 15) is 4.79 Å². The van der Waals surface area contributed by atoms with Gasteiger partial charge in [0.25, 0.3) is 0 Å². The second-order valence-electron chi connectivity index (χ2n) is 4.84. The molecule has 0 spiro atoms. The summed E-state index contributed by atoms with van der Waals surface area (Å²) in [6, 6.07) is 0. The van der Waals surface area contributed by atoms with Crippen LogP contribution in [0.4, 0.5) is 0 Å². The van der Waals surface area contributed by atoms with Crippen LogP contribution in [-0.4, -0.2) is 30.3 Å². The summed E-state index contributed by atoms with van der Waals surface area (Å²) in [6.45, 7) is 11.2. The van der Waals surface area contributed by atoms with Gasteiger partial charge in [-0.1, -0.05) is 18.7 Å². The molecule has 0 unspecified atom stereocenters. The van der Waals surface area contributed by atoms with E-state index in [4.69, 9.17) is 4.74 Å². The van der Waals surface area contributed by atoms with E-state index < -0.39 is 0 Å². The molecule has 21 heavy (non-hydrogen) atoms. The number of nitrogens with zero attached hydrogens (tertiary/aromatic N) is 2. The molecule has 0 atom stereocenters. The fourth-order valence-corrected chi connectivity index (χ4v) is 2.04. The highest BCUT2D eigenvalue weighted by molar-refractivity contribution is 6.14. The minimum atomic E-state index is -0.389. The highest BCUT2D eigenvalue weighted by Gasteiger charge is 2.20. The van der Waals surface area contributed by atoms with Crippen molar-refractivity contribution in [1.29, 1.82) is 0 Å². The third kappa shape index (κ3) is 3.88. The molecule has 0 saturated heterocycles. The summed E-state index contributed by atoms with van der Waals surface area (Å²) in [5, 5.41) is 0. The van der Waals surface area contributed by atoms with Gasteiger partial charge in [-0.05, 0) is 33.3 Å². The molecule has 0 aromatic carbocycles. The topological polar surface area (TPSA) is 51.5 Å². The number of esters is 1. The van der Waals surface area contributed by atoms with Gasteiger partial charge in [0.05, 0.1) is 11.7 Å². The number of ether oxygens (including phenoxy) is 1. The number of aromatic nitrogens is 1. The van der Waals surface area contributed by atoms with Crippen molar-refractivity contribution in [3.05, 3.63) is 41.2 Å².